The lowest BCUT2D eigenvalue weighted by molar-refractivity contribution is 0.353. The molecule has 3 rings (SSSR count). The average molecular weight is 464 g/mol. The number of thiophene rings is 1. The summed E-state index contributed by atoms with van der Waals surface area (Å²) >= 11 is 7.88. The van der Waals surface area contributed by atoms with E-state index in [1.165, 1.54) is 4.88 Å². The van der Waals surface area contributed by atoms with Gasteiger partial charge in [0.15, 0.2) is 5.96 Å². The second-order valence-corrected chi connectivity index (χ2v) is 6.58. The van der Waals surface area contributed by atoms with E-state index in [2.05, 4.69) is 27.8 Å². The Morgan fingerprint density at radius 3 is 3.09 bits per heavy atom. The molecule has 1 aromatic carbocycles. The van der Waals surface area contributed by atoms with Crippen molar-refractivity contribution in [1.29, 1.82) is 0 Å². The minimum atomic E-state index is 0. The van der Waals surface area contributed by atoms with Gasteiger partial charge in [-0.05, 0) is 35.6 Å². The number of nitrogens with two attached hydrogens (primary N) is 1. The van der Waals surface area contributed by atoms with Crippen molar-refractivity contribution in [2.45, 2.75) is 19.4 Å². The smallest absolute Gasteiger partial charge is 0.188 e. The molecule has 7 heteroatoms. The van der Waals surface area contributed by atoms with Gasteiger partial charge < -0.3 is 15.8 Å². The molecular weight excluding hydrogens is 445 g/mol. The number of fused-ring (bicyclic) bond motifs is 1. The van der Waals surface area contributed by atoms with E-state index in [1.807, 2.05) is 12.1 Å². The van der Waals surface area contributed by atoms with Crippen LogP contribution in [0.3, 0.4) is 0 Å². The number of halogens is 2. The Balaban J connectivity index is 0.00000192. The van der Waals surface area contributed by atoms with E-state index in [0.29, 0.717) is 19.1 Å². The molecule has 0 radical (unpaired) electrons. The summed E-state index contributed by atoms with van der Waals surface area (Å²) in [6.45, 7) is 1.96. The molecule has 0 spiro atoms. The standard InChI is InChI=1S/C16H18ClN3OS.HI/c17-13-8-11-4-6-21-15(11)12(9-13)10-20-16(18)19-5-3-14-2-1-7-22-14;/h1-2,7-9H,3-6,10H2,(H3,18,19,20);1H. The Kier molecular flexibility index (Phi) is 6.98. The zero-order chi connectivity index (χ0) is 15.4. The number of nitrogens with one attached hydrogen (secondary N) is 1. The van der Waals surface area contributed by atoms with Crippen molar-refractivity contribution in [3.05, 3.63) is 50.7 Å². The second-order valence-electron chi connectivity index (χ2n) is 5.11. The highest BCUT2D eigenvalue weighted by molar-refractivity contribution is 14.0. The fourth-order valence-corrected chi connectivity index (χ4v) is 3.43. The van der Waals surface area contributed by atoms with E-state index in [0.717, 1.165) is 41.3 Å². The molecule has 0 atom stereocenters. The van der Waals surface area contributed by atoms with Gasteiger partial charge in [0.1, 0.15) is 5.75 Å². The van der Waals surface area contributed by atoms with Gasteiger partial charge in [-0.25, -0.2) is 4.99 Å². The topological polar surface area (TPSA) is 59.6 Å². The van der Waals surface area contributed by atoms with Gasteiger partial charge in [-0.3, -0.25) is 0 Å². The second kappa shape index (κ2) is 8.75. The van der Waals surface area contributed by atoms with Crippen molar-refractivity contribution in [3.8, 4) is 5.75 Å². The summed E-state index contributed by atoms with van der Waals surface area (Å²) in [5.74, 6) is 1.36. The molecule has 124 valence electrons. The van der Waals surface area contributed by atoms with E-state index in [-0.39, 0.29) is 24.0 Å². The van der Waals surface area contributed by atoms with Crippen molar-refractivity contribution >= 4 is 52.9 Å². The fourth-order valence-electron chi connectivity index (χ4n) is 2.46. The highest BCUT2D eigenvalue weighted by Crippen LogP contribution is 2.33. The van der Waals surface area contributed by atoms with Crippen molar-refractivity contribution in [1.82, 2.24) is 5.32 Å². The van der Waals surface area contributed by atoms with Crippen LogP contribution in [0.5, 0.6) is 5.75 Å². The van der Waals surface area contributed by atoms with Gasteiger partial charge in [0.05, 0.1) is 13.2 Å². The first-order chi connectivity index (χ1) is 10.7. The summed E-state index contributed by atoms with van der Waals surface area (Å²) in [5, 5.41) is 5.93. The SMILES string of the molecule is I.NC(=NCc1cc(Cl)cc2c1OCC2)NCCc1cccs1. The molecule has 0 bridgehead atoms. The third kappa shape index (κ3) is 4.99. The van der Waals surface area contributed by atoms with E-state index < -0.39 is 0 Å². The number of guanidine groups is 1. The quantitative estimate of drug-likeness (QED) is 0.405. The average Bonchev–Trinajstić information content (AvgIpc) is 3.15. The lowest BCUT2D eigenvalue weighted by Crippen LogP contribution is -2.33. The Hall–Kier alpha value is -0.990. The van der Waals surface area contributed by atoms with Crippen LogP contribution in [0.25, 0.3) is 0 Å². The van der Waals surface area contributed by atoms with Crippen LogP contribution in [0.4, 0.5) is 0 Å². The molecule has 0 amide bonds. The number of benzene rings is 1. The van der Waals surface area contributed by atoms with Crippen LogP contribution in [-0.2, 0) is 19.4 Å². The minimum Gasteiger partial charge on any atom is -0.493 e. The first-order valence-corrected chi connectivity index (χ1v) is 8.48. The molecule has 1 aliphatic rings. The molecule has 0 fully saturated rings. The van der Waals surface area contributed by atoms with Crippen LogP contribution in [0.1, 0.15) is 16.0 Å². The Bertz CT molecular complexity index is 676. The molecule has 0 saturated heterocycles. The molecule has 2 heterocycles. The molecule has 4 nitrogen and oxygen atoms in total. The lowest BCUT2D eigenvalue weighted by Gasteiger charge is -2.08. The molecule has 2 aromatic rings. The van der Waals surface area contributed by atoms with E-state index in [1.54, 1.807) is 11.3 Å². The third-order valence-corrected chi connectivity index (χ3v) is 4.66. The van der Waals surface area contributed by atoms with Gasteiger partial charge >= 0.3 is 0 Å². The summed E-state index contributed by atoms with van der Waals surface area (Å²) in [6.07, 6.45) is 1.85. The first-order valence-electron chi connectivity index (χ1n) is 7.22. The van der Waals surface area contributed by atoms with Crippen LogP contribution in [0, 0.1) is 0 Å². The van der Waals surface area contributed by atoms with Gasteiger partial charge in [0.2, 0.25) is 0 Å². The molecule has 0 saturated carbocycles. The maximum absolute atomic E-state index is 6.13. The zero-order valence-corrected chi connectivity index (χ0v) is 16.5. The number of hydrogen-bond acceptors (Lipinski definition) is 3. The molecular formula is C16H19ClIN3OS. The summed E-state index contributed by atoms with van der Waals surface area (Å²) in [7, 11) is 0. The van der Waals surface area contributed by atoms with E-state index in [9.17, 15) is 0 Å². The van der Waals surface area contributed by atoms with Crippen molar-refractivity contribution in [2.24, 2.45) is 10.7 Å². The minimum absolute atomic E-state index is 0. The van der Waals surface area contributed by atoms with Crippen molar-refractivity contribution in [3.63, 3.8) is 0 Å². The van der Waals surface area contributed by atoms with Crippen LogP contribution in [0.2, 0.25) is 5.02 Å². The van der Waals surface area contributed by atoms with Crippen LogP contribution >= 0.6 is 46.9 Å². The Morgan fingerprint density at radius 2 is 2.30 bits per heavy atom. The van der Waals surface area contributed by atoms with E-state index in [4.69, 9.17) is 22.1 Å². The lowest BCUT2D eigenvalue weighted by atomic mass is 10.1. The van der Waals surface area contributed by atoms with Gasteiger partial charge in [-0.1, -0.05) is 17.7 Å². The molecule has 1 aromatic heterocycles. The Labute approximate surface area is 162 Å². The maximum atomic E-state index is 6.13. The maximum Gasteiger partial charge on any atom is 0.188 e. The van der Waals surface area contributed by atoms with Gasteiger partial charge in [0.25, 0.3) is 0 Å². The molecule has 23 heavy (non-hydrogen) atoms. The fraction of sp³-hybridized carbons (Fsp3) is 0.312. The number of ether oxygens (including phenoxy) is 1. The molecule has 0 unspecified atom stereocenters. The Morgan fingerprint density at radius 1 is 1.43 bits per heavy atom. The van der Waals surface area contributed by atoms with Gasteiger partial charge in [-0.2, -0.15) is 0 Å². The normalized spacial score (nSPS) is 13.2. The molecule has 3 N–H and O–H groups in total. The highest BCUT2D eigenvalue weighted by atomic mass is 127. The van der Waals surface area contributed by atoms with Gasteiger partial charge in [-0.15, -0.1) is 35.3 Å². The highest BCUT2D eigenvalue weighted by Gasteiger charge is 2.17. The number of hydrogen-bond donors (Lipinski definition) is 2. The molecule has 0 aliphatic carbocycles. The van der Waals surface area contributed by atoms with E-state index >= 15 is 0 Å². The summed E-state index contributed by atoms with van der Waals surface area (Å²) < 4.78 is 5.66. The summed E-state index contributed by atoms with van der Waals surface area (Å²) in [6, 6.07) is 8.03. The van der Waals surface area contributed by atoms with Crippen molar-refractivity contribution < 1.29 is 4.74 Å². The predicted octanol–water partition coefficient (Wildman–Crippen LogP) is 3.60. The third-order valence-electron chi connectivity index (χ3n) is 3.50. The number of rotatable bonds is 5. The predicted molar refractivity (Wildman–Crippen MR) is 107 cm³/mol. The molecule has 1 aliphatic heterocycles. The van der Waals surface area contributed by atoms with Gasteiger partial charge in [0, 0.05) is 28.4 Å². The number of nitrogens with zero attached hydrogens (tertiary/aromatic N) is 1. The van der Waals surface area contributed by atoms with Crippen LogP contribution in [-0.4, -0.2) is 19.1 Å². The summed E-state index contributed by atoms with van der Waals surface area (Å²) in [5.41, 5.74) is 8.06. The largest absolute Gasteiger partial charge is 0.493 e. The summed E-state index contributed by atoms with van der Waals surface area (Å²) in [4.78, 5) is 5.71. The van der Waals surface area contributed by atoms with Crippen LogP contribution in [0.15, 0.2) is 34.6 Å². The van der Waals surface area contributed by atoms with Crippen molar-refractivity contribution in [2.75, 3.05) is 13.2 Å². The first kappa shape index (κ1) is 18.4. The zero-order valence-electron chi connectivity index (χ0n) is 12.5. The monoisotopic (exact) mass is 463 g/mol. The number of aliphatic imine (C=N–C) groups is 1. The van der Waals surface area contributed by atoms with Crippen LogP contribution < -0.4 is 15.8 Å².